The second-order valence-corrected chi connectivity index (χ2v) is 4.31. The Kier molecular flexibility index (Phi) is 2.69. The Morgan fingerprint density at radius 1 is 1.54 bits per heavy atom. The summed E-state index contributed by atoms with van der Waals surface area (Å²) >= 11 is 6.68. The van der Waals surface area contributed by atoms with Crippen LogP contribution in [0.4, 0.5) is 0 Å². The highest BCUT2D eigenvalue weighted by Crippen LogP contribution is 2.40. The molecule has 0 radical (unpaired) electrons. The first kappa shape index (κ1) is 9.58. The van der Waals surface area contributed by atoms with Crippen LogP contribution in [0.3, 0.4) is 0 Å². The van der Waals surface area contributed by atoms with Gasteiger partial charge in [-0.05, 0) is 37.9 Å². The van der Waals surface area contributed by atoms with E-state index < -0.39 is 0 Å². The zero-order chi connectivity index (χ0) is 9.42. The molecule has 1 fully saturated rings. The van der Waals surface area contributed by atoms with Crippen molar-refractivity contribution in [2.24, 2.45) is 0 Å². The summed E-state index contributed by atoms with van der Waals surface area (Å²) in [6, 6.07) is 1.97. The number of hydrogen-bond donors (Lipinski definition) is 0. The third kappa shape index (κ3) is 1.93. The fourth-order valence-electron chi connectivity index (χ4n) is 1.11. The topological polar surface area (TPSA) is 34.6 Å². The summed E-state index contributed by atoms with van der Waals surface area (Å²) in [6.07, 6.45) is 1.72. The van der Waals surface area contributed by atoms with Gasteiger partial charge < -0.3 is 9.47 Å². The molecule has 5 heteroatoms. The molecule has 13 heavy (non-hydrogen) atoms. The molecule has 0 bridgehead atoms. The fourth-order valence-corrected chi connectivity index (χ4v) is 1.69. The maximum Gasteiger partial charge on any atom is 0.188 e. The maximum absolute atomic E-state index is 5.25. The highest BCUT2D eigenvalue weighted by Gasteiger charge is 2.40. The molecule has 0 amide bonds. The van der Waals surface area contributed by atoms with Crippen molar-refractivity contribution >= 4 is 31.9 Å². The minimum atomic E-state index is -0.102. The van der Waals surface area contributed by atoms with Crippen LogP contribution in [0.2, 0.25) is 0 Å². The van der Waals surface area contributed by atoms with Gasteiger partial charge in [-0.15, -0.1) is 0 Å². The van der Waals surface area contributed by atoms with Crippen molar-refractivity contribution in [1.29, 1.82) is 0 Å². The van der Waals surface area contributed by atoms with Crippen molar-refractivity contribution in [3.05, 3.63) is 26.9 Å². The second-order valence-electron chi connectivity index (χ2n) is 2.70. The van der Waals surface area contributed by atoms with Crippen LogP contribution in [0, 0.1) is 0 Å². The van der Waals surface area contributed by atoms with Crippen LogP contribution in [0.5, 0.6) is 0 Å². The van der Waals surface area contributed by atoms with E-state index in [1.165, 1.54) is 0 Å². The molecular formula is C8H7Br2NO2. The van der Waals surface area contributed by atoms with E-state index >= 15 is 0 Å². The summed E-state index contributed by atoms with van der Waals surface area (Å²) in [4.78, 5) is 4.14. The van der Waals surface area contributed by atoms with Gasteiger partial charge in [0, 0.05) is 18.9 Å². The number of nitrogens with zero attached hydrogens (tertiary/aromatic N) is 1. The highest BCUT2D eigenvalue weighted by molar-refractivity contribution is 9.13. The number of epoxide rings is 1. The van der Waals surface area contributed by atoms with Gasteiger partial charge in [-0.25, -0.2) is 4.98 Å². The highest BCUT2D eigenvalue weighted by atomic mass is 79.9. The monoisotopic (exact) mass is 307 g/mol. The molecule has 3 nitrogen and oxygen atoms in total. The maximum atomic E-state index is 5.25. The number of hydrogen-bond acceptors (Lipinski definition) is 3. The largest absolute Gasteiger partial charge is 0.353 e. The number of halogens is 2. The number of rotatable bonds is 2. The second kappa shape index (κ2) is 3.65. The molecule has 2 unspecified atom stereocenters. The van der Waals surface area contributed by atoms with Crippen LogP contribution in [0.15, 0.2) is 21.3 Å². The average molecular weight is 309 g/mol. The molecule has 1 aliphatic heterocycles. The van der Waals surface area contributed by atoms with Gasteiger partial charge in [0.2, 0.25) is 0 Å². The molecule has 1 aromatic heterocycles. The van der Waals surface area contributed by atoms with E-state index in [2.05, 4.69) is 36.8 Å². The fraction of sp³-hybridized carbons (Fsp3) is 0.375. The molecule has 0 aliphatic carbocycles. The summed E-state index contributed by atoms with van der Waals surface area (Å²) in [5, 5.41) is 0. The predicted octanol–water partition coefficient (Wildman–Crippen LogP) is 2.65. The quantitative estimate of drug-likeness (QED) is 0.622. The van der Waals surface area contributed by atoms with Gasteiger partial charge in [-0.3, -0.25) is 0 Å². The van der Waals surface area contributed by atoms with Crippen LogP contribution in [0.1, 0.15) is 11.7 Å². The lowest BCUT2D eigenvalue weighted by molar-refractivity contribution is 0.0950. The third-order valence-electron chi connectivity index (χ3n) is 1.83. The van der Waals surface area contributed by atoms with E-state index in [9.17, 15) is 0 Å². The minimum absolute atomic E-state index is 0.0434. The Bertz CT molecular complexity index is 332. The molecule has 70 valence electrons. The summed E-state index contributed by atoms with van der Waals surface area (Å²) in [7, 11) is 1.63. The molecular weight excluding hydrogens is 302 g/mol. The molecule has 2 heterocycles. The van der Waals surface area contributed by atoms with Gasteiger partial charge >= 0.3 is 0 Å². The van der Waals surface area contributed by atoms with Gasteiger partial charge in [-0.1, -0.05) is 0 Å². The minimum Gasteiger partial charge on any atom is -0.353 e. The first-order valence-corrected chi connectivity index (χ1v) is 5.30. The van der Waals surface area contributed by atoms with Gasteiger partial charge in [0.25, 0.3) is 0 Å². The smallest absolute Gasteiger partial charge is 0.188 e. The van der Waals surface area contributed by atoms with E-state index in [4.69, 9.17) is 9.47 Å². The molecule has 1 saturated heterocycles. The van der Waals surface area contributed by atoms with Gasteiger partial charge in [-0.2, -0.15) is 0 Å². The number of ether oxygens (including phenoxy) is 2. The van der Waals surface area contributed by atoms with Crippen molar-refractivity contribution in [3.63, 3.8) is 0 Å². The van der Waals surface area contributed by atoms with E-state index in [1.54, 1.807) is 13.3 Å². The van der Waals surface area contributed by atoms with Crippen molar-refractivity contribution < 1.29 is 9.47 Å². The van der Waals surface area contributed by atoms with E-state index in [-0.39, 0.29) is 12.4 Å². The molecule has 2 atom stereocenters. The Labute approximate surface area is 92.7 Å². The number of pyridine rings is 1. The molecule has 0 N–H and O–H groups in total. The number of aromatic nitrogens is 1. The first-order chi connectivity index (χ1) is 6.22. The van der Waals surface area contributed by atoms with Gasteiger partial charge in [0.1, 0.15) is 10.7 Å². The molecule has 1 aliphatic rings. The molecule has 0 spiro atoms. The first-order valence-electron chi connectivity index (χ1n) is 3.71. The van der Waals surface area contributed by atoms with Crippen LogP contribution < -0.4 is 0 Å². The molecule has 1 aromatic rings. The van der Waals surface area contributed by atoms with Crippen molar-refractivity contribution in [2.45, 2.75) is 12.4 Å². The Morgan fingerprint density at radius 3 is 2.85 bits per heavy atom. The summed E-state index contributed by atoms with van der Waals surface area (Å²) < 4.78 is 12.0. The number of methoxy groups -OCH3 is 1. The lowest BCUT2D eigenvalue weighted by Gasteiger charge is -1.98. The van der Waals surface area contributed by atoms with Crippen molar-refractivity contribution in [1.82, 2.24) is 4.98 Å². The Hall–Kier alpha value is 0.0300. The summed E-state index contributed by atoms with van der Waals surface area (Å²) in [6.45, 7) is 0. The predicted molar refractivity (Wildman–Crippen MR) is 54.3 cm³/mol. The van der Waals surface area contributed by atoms with Crippen LogP contribution in [-0.4, -0.2) is 18.4 Å². The zero-order valence-corrected chi connectivity index (χ0v) is 10.0. The van der Waals surface area contributed by atoms with Gasteiger partial charge in [0.15, 0.2) is 6.29 Å². The molecule has 0 saturated carbocycles. The van der Waals surface area contributed by atoms with E-state index in [0.29, 0.717) is 0 Å². The molecule has 0 aromatic carbocycles. The van der Waals surface area contributed by atoms with Crippen LogP contribution >= 0.6 is 31.9 Å². The standard InChI is InChI=1S/C8H7Br2NO2/c1-12-8-6(13-8)4-2-5(9)7(10)11-3-4/h2-3,6,8H,1H3. The summed E-state index contributed by atoms with van der Waals surface area (Å²) in [5.41, 5.74) is 1.03. The normalized spacial score (nSPS) is 26.1. The summed E-state index contributed by atoms with van der Waals surface area (Å²) in [5.74, 6) is 0. The van der Waals surface area contributed by atoms with E-state index in [0.717, 1.165) is 14.6 Å². The lowest BCUT2D eigenvalue weighted by atomic mass is 10.2. The SMILES string of the molecule is COC1OC1c1cnc(Br)c(Br)c1. The van der Waals surface area contributed by atoms with Crippen molar-refractivity contribution in [2.75, 3.05) is 7.11 Å². The Balaban J connectivity index is 2.19. The lowest BCUT2D eigenvalue weighted by Crippen LogP contribution is -1.92. The van der Waals surface area contributed by atoms with Gasteiger partial charge in [0.05, 0.1) is 4.47 Å². The Morgan fingerprint density at radius 2 is 2.31 bits per heavy atom. The van der Waals surface area contributed by atoms with Crippen molar-refractivity contribution in [3.8, 4) is 0 Å². The van der Waals surface area contributed by atoms with Crippen LogP contribution in [-0.2, 0) is 9.47 Å². The van der Waals surface area contributed by atoms with Crippen LogP contribution in [0.25, 0.3) is 0 Å². The average Bonchev–Trinajstić information content (AvgIpc) is 2.88. The third-order valence-corrected chi connectivity index (χ3v) is 3.60. The van der Waals surface area contributed by atoms with E-state index in [1.807, 2.05) is 6.07 Å². The zero-order valence-electron chi connectivity index (χ0n) is 6.83. The molecule has 2 rings (SSSR count).